The van der Waals surface area contributed by atoms with Crippen LogP contribution in [0, 0.1) is 0 Å². The summed E-state index contributed by atoms with van der Waals surface area (Å²) in [6, 6.07) is 59.9. The van der Waals surface area contributed by atoms with Crippen LogP contribution in [0.15, 0.2) is 174 Å². The fraction of sp³-hybridized carbons (Fsp3) is 0. The Labute approximate surface area is 266 Å². The summed E-state index contributed by atoms with van der Waals surface area (Å²) in [6.45, 7) is 0. The van der Waals surface area contributed by atoms with Crippen molar-refractivity contribution in [2.75, 3.05) is 4.90 Å². The van der Waals surface area contributed by atoms with Crippen molar-refractivity contribution in [3.05, 3.63) is 170 Å². The van der Waals surface area contributed by atoms with Crippen LogP contribution in [-0.2, 0) is 0 Å². The molecule has 0 N–H and O–H groups in total. The Morgan fingerprint density at radius 3 is 1.70 bits per heavy atom. The Morgan fingerprint density at radius 2 is 1.00 bits per heavy atom. The van der Waals surface area contributed by atoms with E-state index in [0.29, 0.717) is 5.89 Å². The molecule has 9 rings (SSSR count). The summed E-state index contributed by atoms with van der Waals surface area (Å²) in [5.74, 6) is 0.628. The number of hydrogen-bond acceptors (Lipinski definition) is 3. The maximum absolute atomic E-state index is 6.48. The molecule has 0 unspecified atom stereocenters. The number of fused-ring (bicyclic) bond motifs is 4. The zero-order valence-corrected chi connectivity index (χ0v) is 25.0. The molecule has 0 aliphatic carbocycles. The van der Waals surface area contributed by atoms with Crippen LogP contribution in [-0.4, -0.2) is 4.98 Å². The van der Waals surface area contributed by atoms with E-state index in [4.69, 9.17) is 9.40 Å². The fourth-order valence-corrected chi connectivity index (χ4v) is 6.63. The third kappa shape index (κ3) is 4.41. The molecule has 0 fully saturated rings. The number of oxazole rings is 1. The van der Waals surface area contributed by atoms with Crippen molar-refractivity contribution < 1.29 is 4.42 Å². The average molecular weight is 589 g/mol. The van der Waals surface area contributed by atoms with Crippen LogP contribution in [0.1, 0.15) is 0 Å². The van der Waals surface area contributed by atoms with Gasteiger partial charge in [0.05, 0.1) is 11.4 Å². The van der Waals surface area contributed by atoms with E-state index in [1.807, 2.05) is 6.07 Å². The minimum absolute atomic E-state index is 0.628. The van der Waals surface area contributed by atoms with Gasteiger partial charge in [-0.3, -0.25) is 0 Å². The van der Waals surface area contributed by atoms with Gasteiger partial charge in [0, 0.05) is 27.6 Å². The molecule has 0 aliphatic heterocycles. The molecule has 0 radical (unpaired) electrons. The van der Waals surface area contributed by atoms with Crippen LogP contribution in [0.2, 0.25) is 0 Å². The number of anilines is 3. The smallest absolute Gasteiger partial charge is 0.227 e. The number of aromatic nitrogens is 1. The van der Waals surface area contributed by atoms with E-state index in [2.05, 4.69) is 169 Å². The molecule has 0 bridgehead atoms. The largest absolute Gasteiger partial charge is 0.435 e. The van der Waals surface area contributed by atoms with Gasteiger partial charge < -0.3 is 9.32 Å². The van der Waals surface area contributed by atoms with Gasteiger partial charge in [-0.2, -0.15) is 0 Å². The van der Waals surface area contributed by atoms with E-state index in [-0.39, 0.29) is 0 Å². The highest BCUT2D eigenvalue weighted by molar-refractivity contribution is 6.05. The predicted molar refractivity (Wildman–Crippen MR) is 192 cm³/mol. The zero-order chi connectivity index (χ0) is 30.5. The SMILES string of the molecule is c1ccc2cc(-c3nc4cccc(-c5ccc(N(c6cccc7ccccc67)c6cccc7ccccc67)cc5)c4o3)ccc2c1. The molecule has 216 valence electrons. The van der Waals surface area contributed by atoms with Gasteiger partial charge in [0.15, 0.2) is 5.58 Å². The second-order valence-corrected chi connectivity index (χ2v) is 11.6. The Balaban J connectivity index is 1.17. The number of benzene rings is 8. The van der Waals surface area contributed by atoms with Crippen molar-refractivity contribution in [1.82, 2.24) is 4.98 Å². The van der Waals surface area contributed by atoms with Crippen molar-refractivity contribution in [2.24, 2.45) is 0 Å². The minimum Gasteiger partial charge on any atom is -0.435 e. The lowest BCUT2D eigenvalue weighted by Gasteiger charge is -2.28. The summed E-state index contributed by atoms with van der Waals surface area (Å²) in [6.07, 6.45) is 0. The summed E-state index contributed by atoms with van der Waals surface area (Å²) in [7, 11) is 0. The predicted octanol–water partition coefficient (Wildman–Crippen LogP) is 12.1. The Hall–Kier alpha value is -6.19. The Kier molecular flexibility index (Phi) is 6.14. The third-order valence-electron chi connectivity index (χ3n) is 8.86. The first-order chi connectivity index (χ1) is 22.8. The molecule has 1 heterocycles. The minimum atomic E-state index is 0.628. The van der Waals surface area contributed by atoms with Crippen LogP contribution in [0.4, 0.5) is 17.1 Å². The van der Waals surface area contributed by atoms with E-state index in [1.54, 1.807) is 0 Å². The van der Waals surface area contributed by atoms with E-state index in [0.717, 1.165) is 44.9 Å². The molecular weight excluding hydrogens is 560 g/mol. The van der Waals surface area contributed by atoms with Crippen molar-refractivity contribution in [3.63, 3.8) is 0 Å². The van der Waals surface area contributed by atoms with Gasteiger partial charge in [0.2, 0.25) is 5.89 Å². The van der Waals surface area contributed by atoms with E-state index < -0.39 is 0 Å². The average Bonchev–Trinajstić information content (AvgIpc) is 3.57. The first-order valence-corrected chi connectivity index (χ1v) is 15.5. The molecule has 3 nitrogen and oxygen atoms in total. The molecular formula is C43H28N2O. The fourth-order valence-electron chi connectivity index (χ4n) is 6.63. The summed E-state index contributed by atoms with van der Waals surface area (Å²) >= 11 is 0. The standard InChI is InChI=1S/C43H28N2O/c1-2-13-33-28-34(23-22-29(33)10-1)43-44-39-19-9-18-38(42(39)46-43)32-24-26-35(27-25-32)45(40-20-7-14-30-11-3-5-16-36(30)40)41-21-8-15-31-12-4-6-17-37(31)41/h1-28H. The van der Waals surface area contributed by atoms with Gasteiger partial charge in [-0.15, -0.1) is 0 Å². The molecule has 0 amide bonds. The summed E-state index contributed by atoms with van der Waals surface area (Å²) in [4.78, 5) is 7.26. The third-order valence-corrected chi connectivity index (χ3v) is 8.86. The van der Waals surface area contributed by atoms with Gasteiger partial charge in [0.1, 0.15) is 5.52 Å². The molecule has 0 spiro atoms. The molecule has 46 heavy (non-hydrogen) atoms. The molecule has 1 aromatic heterocycles. The number of para-hydroxylation sites is 1. The van der Waals surface area contributed by atoms with Crippen molar-refractivity contribution >= 4 is 60.5 Å². The number of rotatable bonds is 5. The van der Waals surface area contributed by atoms with Crippen LogP contribution >= 0.6 is 0 Å². The Bertz CT molecular complexity index is 2460. The molecule has 8 aromatic carbocycles. The topological polar surface area (TPSA) is 29.3 Å². The van der Waals surface area contributed by atoms with Crippen molar-refractivity contribution in [2.45, 2.75) is 0 Å². The van der Waals surface area contributed by atoms with Gasteiger partial charge in [-0.25, -0.2) is 4.98 Å². The first-order valence-electron chi connectivity index (χ1n) is 15.5. The highest BCUT2D eigenvalue weighted by atomic mass is 16.3. The van der Waals surface area contributed by atoms with Crippen LogP contribution in [0.3, 0.4) is 0 Å². The van der Waals surface area contributed by atoms with Crippen LogP contribution in [0.5, 0.6) is 0 Å². The normalized spacial score (nSPS) is 11.5. The van der Waals surface area contributed by atoms with Crippen LogP contribution < -0.4 is 4.90 Å². The highest BCUT2D eigenvalue weighted by Crippen LogP contribution is 2.43. The molecule has 0 saturated heterocycles. The van der Waals surface area contributed by atoms with Gasteiger partial charge in [-0.1, -0.05) is 127 Å². The summed E-state index contributed by atoms with van der Waals surface area (Å²) < 4.78 is 6.48. The quantitative estimate of drug-likeness (QED) is 0.200. The van der Waals surface area contributed by atoms with Crippen molar-refractivity contribution in [1.29, 1.82) is 0 Å². The molecule has 0 atom stereocenters. The lowest BCUT2D eigenvalue weighted by atomic mass is 10.0. The number of hydrogen-bond donors (Lipinski definition) is 0. The summed E-state index contributed by atoms with van der Waals surface area (Å²) in [5, 5.41) is 7.19. The lowest BCUT2D eigenvalue weighted by molar-refractivity contribution is 0.621. The molecule has 3 heteroatoms. The van der Waals surface area contributed by atoms with Gasteiger partial charge in [0.25, 0.3) is 0 Å². The molecule has 0 saturated carbocycles. The second-order valence-electron chi connectivity index (χ2n) is 11.6. The Morgan fingerprint density at radius 1 is 0.435 bits per heavy atom. The monoisotopic (exact) mass is 588 g/mol. The second kappa shape index (κ2) is 10.8. The lowest BCUT2D eigenvalue weighted by Crippen LogP contribution is -2.11. The van der Waals surface area contributed by atoms with E-state index in [1.165, 1.54) is 32.3 Å². The van der Waals surface area contributed by atoms with Gasteiger partial charge >= 0.3 is 0 Å². The van der Waals surface area contributed by atoms with E-state index in [9.17, 15) is 0 Å². The molecule has 9 aromatic rings. The van der Waals surface area contributed by atoms with Gasteiger partial charge in [-0.05, 0) is 69.6 Å². The zero-order valence-electron chi connectivity index (χ0n) is 25.0. The number of nitrogens with zero attached hydrogens (tertiary/aromatic N) is 2. The highest BCUT2D eigenvalue weighted by Gasteiger charge is 2.19. The molecule has 0 aliphatic rings. The maximum Gasteiger partial charge on any atom is 0.227 e. The van der Waals surface area contributed by atoms with E-state index >= 15 is 0 Å². The maximum atomic E-state index is 6.48. The van der Waals surface area contributed by atoms with Crippen LogP contribution in [0.25, 0.3) is 66.0 Å². The van der Waals surface area contributed by atoms with Crippen molar-refractivity contribution in [3.8, 4) is 22.6 Å². The first kappa shape index (κ1) is 26.2. The summed E-state index contributed by atoms with van der Waals surface area (Å²) in [5.41, 5.74) is 8.06.